The molecule has 0 spiro atoms. The highest BCUT2D eigenvalue weighted by Gasteiger charge is 2.32. The molecule has 8 N–H and O–H groups in total. The van der Waals surface area contributed by atoms with E-state index in [0.717, 1.165) is 16.5 Å². The molecule has 12 heteroatoms. The maximum absolute atomic E-state index is 12.8. The van der Waals surface area contributed by atoms with Gasteiger partial charge in [0, 0.05) is 22.9 Å². The highest BCUT2D eigenvalue weighted by Crippen LogP contribution is 2.18. The summed E-state index contributed by atoms with van der Waals surface area (Å²) in [7, 11) is 0. The molecule has 5 unspecified atom stereocenters. The summed E-state index contributed by atoms with van der Waals surface area (Å²) < 4.78 is 0. The fourth-order valence-electron chi connectivity index (χ4n) is 3.72. The first-order chi connectivity index (χ1) is 16.9. The van der Waals surface area contributed by atoms with E-state index in [9.17, 15) is 29.4 Å². The molecule has 3 amide bonds. The molecule has 0 saturated carbocycles. The highest BCUT2D eigenvalue weighted by atomic mass is 32.1. The predicted molar refractivity (Wildman–Crippen MR) is 138 cm³/mol. The quantitative estimate of drug-likeness (QED) is 0.169. The number of aliphatic carboxylic acids is 1. The molecule has 2 rings (SSSR count). The number of benzene rings is 1. The number of carbonyl (C=O) groups excluding carboxylic acids is 3. The molecular formula is C24H35N5O6S. The maximum Gasteiger partial charge on any atom is 0.326 e. The van der Waals surface area contributed by atoms with Gasteiger partial charge >= 0.3 is 5.97 Å². The zero-order valence-electron chi connectivity index (χ0n) is 20.5. The molecule has 5 atom stereocenters. The molecule has 198 valence electrons. The molecule has 1 aromatic carbocycles. The summed E-state index contributed by atoms with van der Waals surface area (Å²) in [4.78, 5) is 52.8. The van der Waals surface area contributed by atoms with E-state index in [1.165, 1.54) is 6.92 Å². The van der Waals surface area contributed by atoms with E-state index < -0.39 is 54.0 Å². The number of para-hydroxylation sites is 1. The van der Waals surface area contributed by atoms with Crippen molar-refractivity contribution in [3.05, 3.63) is 36.0 Å². The number of H-pyrrole nitrogens is 1. The monoisotopic (exact) mass is 521 g/mol. The number of carboxylic acids is 1. The van der Waals surface area contributed by atoms with Crippen LogP contribution in [0.25, 0.3) is 10.9 Å². The Bertz CT molecular complexity index is 1070. The fraction of sp³-hybridized carbons (Fsp3) is 0.500. The van der Waals surface area contributed by atoms with Crippen LogP contribution in [0, 0.1) is 5.92 Å². The second kappa shape index (κ2) is 13.3. The molecule has 36 heavy (non-hydrogen) atoms. The van der Waals surface area contributed by atoms with E-state index in [-0.39, 0.29) is 24.5 Å². The van der Waals surface area contributed by atoms with Gasteiger partial charge in [0.1, 0.15) is 18.1 Å². The van der Waals surface area contributed by atoms with Crippen LogP contribution in [-0.2, 0) is 25.6 Å². The van der Waals surface area contributed by atoms with E-state index in [1.807, 2.05) is 24.3 Å². The van der Waals surface area contributed by atoms with Gasteiger partial charge in [-0.2, -0.15) is 12.6 Å². The van der Waals surface area contributed by atoms with Gasteiger partial charge in [-0.3, -0.25) is 14.4 Å². The van der Waals surface area contributed by atoms with Crippen LogP contribution >= 0.6 is 12.6 Å². The van der Waals surface area contributed by atoms with Crippen LogP contribution in [0.5, 0.6) is 0 Å². The molecule has 0 aliphatic heterocycles. The minimum atomic E-state index is -1.44. The number of carboxylic acid groups (broad SMARTS) is 1. The van der Waals surface area contributed by atoms with Crippen molar-refractivity contribution >= 4 is 47.2 Å². The van der Waals surface area contributed by atoms with Crippen LogP contribution in [0.2, 0.25) is 0 Å². The number of nitrogens with one attached hydrogen (secondary N) is 4. The second-order valence-electron chi connectivity index (χ2n) is 9.17. The van der Waals surface area contributed by atoms with Crippen molar-refractivity contribution in [1.29, 1.82) is 0 Å². The number of hydrogen-bond acceptors (Lipinski definition) is 7. The van der Waals surface area contributed by atoms with E-state index in [1.54, 1.807) is 20.0 Å². The van der Waals surface area contributed by atoms with Crippen LogP contribution in [0.4, 0.5) is 0 Å². The third-order valence-corrected chi connectivity index (χ3v) is 6.02. The normalized spacial score (nSPS) is 15.5. The van der Waals surface area contributed by atoms with E-state index >= 15 is 0 Å². The van der Waals surface area contributed by atoms with Crippen molar-refractivity contribution in [1.82, 2.24) is 20.9 Å². The number of fused-ring (bicyclic) bond motifs is 1. The van der Waals surface area contributed by atoms with Crippen molar-refractivity contribution in [3.63, 3.8) is 0 Å². The lowest BCUT2D eigenvalue weighted by atomic mass is 10.0. The number of hydrogen-bond donors (Lipinski definition) is 8. The first-order valence-electron chi connectivity index (χ1n) is 11.7. The smallest absolute Gasteiger partial charge is 0.326 e. The van der Waals surface area contributed by atoms with Gasteiger partial charge in [0.05, 0.1) is 12.1 Å². The summed E-state index contributed by atoms with van der Waals surface area (Å²) in [6, 6.07) is 2.86. The topological polar surface area (TPSA) is 187 Å². The number of thiol groups is 1. The number of aliphatic hydroxyl groups is 1. The Morgan fingerprint density at radius 3 is 2.22 bits per heavy atom. The average molecular weight is 522 g/mol. The van der Waals surface area contributed by atoms with Gasteiger partial charge in [0.25, 0.3) is 0 Å². The molecule has 11 nitrogen and oxygen atoms in total. The number of aromatic amines is 1. The Balaban J connectivity index is 2.02. The Kier molecular flexibility index (Phi) is 10.8. The molecule has 1 aromatic heterocycles. The molecular weight excluding hydrogens is 486 g/mol. The van der Waals surface area contributed by atoms with E-state index in [4.69, 9.17) is 5.73 Å². The van der Waals surface area contributed by atoms with E-state index in [2.05, 4.69) is 33.6 Å². The van der Waals surface area contributed by atoms with Gasteiger partial charge in [0.2, 0.25) is 17.7 Å². The summed E-state index contributed by atoms with van der Waals surface area (Å²) in [5, 5.41) is 27.6. The average Bonchev–Trinajstić information content (AvgIpc) is 3.22. The zero-order chi connectivity index (χ0) is 27.0. The molecule has 0 bridgehead atoms. The Labute approximate surface area is 215 Å². The molecule has 0 saturated heterocycles. The number of amides is 3. The molecule has 1 heterocycles. The summed E-state index contributed by atoms with van der Waals surface area (Å²) >= 11 is 4.12. The van der Waals surface area contributed by atoms with Gasteiger partial charge in [-0.25, -0.2) is 4.79 Å². The minimum absolute atomic E-state index is 0.0109. The molecule has 0 radical (unpaired) electrons. The number of rotatable bonds is 13. The molecule has 0 fully saturated rings. The Morgan fingerprint density at radius 1 is 1.00 bits per heavy atom. The first kappa shape index (κ1) is 29.1. The van der Waals surface area contributed by atoms with Crippen molar-refractivity contribution in [2.45, 2.75) is 63.9 Å². The SMILES string of the molecule is CC(C)CC(NC(=O)C(NC(=O)C(CS)NC(=O)C(N)Cc1c[nH]c2ccccc12)C(C)O)C(=O)O. The number of nitrogens with two attached hydrogens (primary N) is 1. The summed E-state index contributed by atoms with van der Waals surface area (Å²) in [6.07, 6.45) is 0.839. The van der Waals surface area contributed by atoms with Gasteiger partial charge in [-0.1, -0.05) is 32.0 Å². The van der Waals surface area contributed by atoms with Gasteiger partial charge in [-0.05, 0) is 37.3 Å². The molecule has 0 aliphatic rings. The maximum atomic E-state index is 12.8. The lowest BCUT2D eigenvalue weighted by molar-refractivity contribution is -0.143. The summed E-state index contributed by atoms with van der Waals surface area (Å²) in [5.74, 6) is -3.55. The first-order valence-corrected chi connectivity index (χ1v) is 12.3. The van der Waals surface area contributed by atoms with Crippen molar-refractivity contribution < 1.29 is 29.4 Å². The number of aliphatic hydroxyl groups excluding tert-OH is 1. The van der Waals surface area contributed by atoms with Crippen LogP contribution in [0.1, 0.15) is 32.8 Å². The third kappa shape index (κ3) is 7.97. The van der Waals surface area contributed by atoms with Gasteiger partial charge in [-0.15, -0.1) is 0 Å². The largest absolute Gasteiger partial charge is 0.480 e. The number of aromatic nitrogens is 1. The lowest BCUT2D eigenvalue weighted by Crippen LogP contribution is -2.60. The van der Waals surface area contributed by atoms with Crippen LogP contribution in [-0.4, -0.2) is 74.9 Å². The predicted octanol–water partition coefficient (Wildman–Crippen LogP) is -0.0666. The van der Waals surface area contributed by atoms with Gasteiger partial charge in [0.15, 0.2) is 0 Å². The molecule has 2 aromatic rings. The third-order valence-electron chi connectivity index (χ3n) is 5.65. The van der Waals surface area contributed by atoms with Gasteiger partial charge < -0.3 is 36.9 Å². The van der Waals surface area contributed by atoms with Crippen molar-refractivity contribution in [2.24, 2.45) is 11.7 Å². The fourth-order valence-corrected chi connectivity index (χ4v) is 3.97. The van der Waals surface area contributed by atoms with Crippen molar-refractivity contribution in [2.75, 3.05) is 5.75 Å². The van der Waals surface area contributed by atoms with Crippen LogP contribution in [0.15, 0.2) is 30.5 Å². The summed E-state index contributed by atoms with van der Waals surface area (Å²) in [5.41, 5.74) is 7.84. The standard InChI is InChI=1S/C24H35N5O6S/c1-12(2)8-18(24(34)35)27-23(33)20(13(3)30)29-22(32)19(11-36)28-21(31)16(25)9-14-10-26-17-7-5-4-6-15(14)17/h4-7,10,12-13,16,18-20,26,30,36H,8-9,11,25H2,1-3H3,(H,27,33)(H,28,31)(H,29,32)(H,34,35). The zero-order valence-corrected chi connectivity index (χ0v) is 21.4. The number of carbonyl (C=O) groups is 4. The minimum Gasteiger partial charge on any atom is -0.480 e. The van der Waals surface area contributed by atoms with Crippen LogP contribution in [0.3, 0.4) is 0 Å². The van der Waals surface area contributed by atoms with Crippen molar-refractivity contribution in [3.8, 4) is 0 Å². The summed E-state index contributed by atoms with van der Waals surface area (Å²) in [6.45, 7) is 4.90. The highest BCUT2D eigenvalue weighted by molar-refractivity contribution is 7.80. The Morgan fingerprint density at radius 2 is 1.64 bits per heavy atom. The van der Waals surface area contributed by atoms with E-state index in [0.29, 0.717) is 0 Å². The second-order valence-corrected chi connectivity index (χ2v) is 9.53. The van der Waals surface area contributed by atoms with Crippen LogP contribution < -0.4 is 21.7 Å². The molecule has 0 aliphatic carbocycles. The lowest BCUT2D eigenvalue weighted by Gasteiger charge is -2.26. The Hall–Kier alpha value is -3.09.